The van der Waals surface area contributed by atoms with Crippen LogP contribution in [-0.2, 0) is 23.3 Å². The van der Waals surface area contributed by atoms with E-state index in [1.54, 1.807) is 0 Å². The fourth-order valence-corrected chi connectivity index (χ4v) is 4.00. The number of fused-ring (bicyclic) bond motifs is 2. The van der Waals surface area contributed by atoms with E-state index in [-0.39, 0.29) is 18.5 Å². The van der Waals surface area contributed by atoms with Crippen LogP contribution in [0.2, 0.25) is 0 Å². The zero-order chi connectivity index (χ0) is 16.0. The minimum atomic E-state index is -0.875. The van der Waals surface area contributed by atoms with Gasteiger partial charge in [0.1, 0.15) is 5.54 Å². The van der Waals surface area contributed by atoms with Gasteiger partial charge in [-0.2, -0.15) is 0 Å². The Bertz CT molecular complexity index is 820. The molecule has 0 unspecified atom stereocenters. The van der Waals surface area contributed by atoms with E-state index in [0.717, 1.165) is 27.6 Å². The van der Waals surface area contributed by atoms with Crippen LogP contribution >= 0.6 is 15.9 Å². The number of benzene rings is 2. The van der Waals surface area contributed by atoms with Gasteiger partial charge in [-0.15, -0.1) is 0 Å². The molecule has 1 fully saturated rings. The van der Waals surface area contributed by atoms with Crippen LogP contribution in [0, 0.1) is 0 Å². The van der Waals surface area contributed by atoms with Gasteiger partial charge in [-0.1, -0.05) is 52.3 Å². The predicted molar refractivity (Wildman–Crippen MR) is 89.7 cm³/mol. The lowest BCUT2D eigenvalue weighted by Gasteiger charge is -2.22. The number of nitrogens with zero attached hydrogens (tertiary/aromatic N) is 1. The first-order valence-corrected chi connectivity index (χ1v) is 8.36. The summed E-state index contributed by atoms with van der Waals surface area (Å²) in [7, 11) is 0. The Labute approximate surface area is 142 Å². The summed E-state index contributed by atoms with van der Waals surface area (Å²) in [5.74, 6) is -0.146. The van der Waals surface area contributed by atoms with Crippen molar-refractivity contribution in [1.82, 2.24) is 10.2 Å². The Balaban J connectivity index is 1.68. The fourth-order valence-electron chi connectivity index (χ4n) is 3.55. The Morgan fingerprint density at radius 1 is 1.13 bits per heavy atom. The number of hydrogen-bond acceptors (Lipinski definition) is 2. The summed E-state index contributed by atoms with van der Waals surface area (Å²) in [4.78, 5) is 26.8. The third kappa shape index (κ3) is 2.18. The van der Waals surface area contributed by atoms with E-state index in [1.165, 1.54) is 4.90 Å². The Morgan fingerprint density at radius 3 is 2.78 bits per heavy atom. The van der Waals surface area contributed by atoms with Crippen LogP contribution in [0.3, 0.4) is 0 Å². The molecule has 0 bridgehead atoms. The van der Waals surface area contributed by atoms with E-state index in [9.17, 15) is 9.59 Å². The number of aryl methyl sites for hydroxylation is 1. The van der Waals surface area contributed by atoms with E-state index in [1.807, 2.05) is 48.5 Å². The summed E-state index contributed by atoms with van der Waals surface area (Å²) in [6.45, 7) is 0.286. The predicted octanol–water partition coefficient (Wildman–Crippen LogP) is 3.34. The summed E-state index contributed by atoms with van der Waals surface area (Å²) in [5, 5.41) is 2.95. The van der Waals surface area contributed by atoms with Gasteiger partial charge in [0.25, 0.3) is 5.91 Å². The molecule has 1 saturated heterocycles. The first-order valence-electron chi connectivity index (χ1n) is 7.57. The monoisotopic (exact) mass is 370 g/mol. The van der Waals surface area contributed by atoms with Gasteiger partial charge in [0.15, 0.2) is 0 Å². The molecule has 23 heavy (non-hydrogen) atoms. The molecular weight excluding hydrogens is 356 g/mol. The maximum absolute atomic E-state index is 13.0. The molecule has 4 rings (SSSR count). The molecule has 2 aromatic rings. The van der Waals surface area contributed by atoms with Crippen LogP contribution in [0.1, 0.15) is 23.1 Å². The molecule has 0 saturated carbocycles. The van der Waals surface area contributed by atoms with Crippen LogP contribution in [0.25, 0.3) is 0 Å². The smallest absolute Gasteiger partial charge is 0.319 e. The Hall–Kier alpha value is -2.14. The average molecular weight is 371 g/mol. The number of amides is 3. The van der Waals surface area contributed by atoms with Gasteiger partial charge < -0.3 is 5.32 Å². The standard InChI is InChI=1S/C18H15BrN2O2/c19-14-6-3-4-12(10-14)11-21-16(22)18(20-17(21)23)9-8-13-5-1-2-7-15(13)18/h1-7,10H,8-9,11H2,(H,20,23)/t18-/m0/s1. The van der Waals surface area contributed by atoms with Crippen molar-refractivity contribution in [3.8, 4) is 0 Å². The van der Waals surface area contributed by atoms with Gasteiger partial charge >= 0.3 is 6.03 Å². The van der Waals surface area contributed by atoms with Crippen molar-refractivity contribution in [3.05, 3.63) is 69.7 Å². The van der Waals surface area contributed by atoms with Gasteiger partial charge in [-0.05, 0) is 41.7 Å². The maximum Gasteiger partial charge on any atom is 0.325 e. The molecule has 2 aromatic carbocycles. The minimum absolute atomic E-state index is 0.146. The first kappa shape index (κ1) is 14.5. The number of nitrogens with one attached hydrogen (secondary N) is 1. The van der Waals surface area contributed by atoms with Gasteiger partial charge in [0, 0.05) is 4.47 Å². The molecule has 1 atom stereocenters. The van der Waals surface area contributed by atoms with Crippen molar-refractivity contribution in [2.75, 3.05) is 0 Å². The highest BCUT2D eigenvalue weighted by atomic mass is 79.9. The second-order valence-corrected chi connectivity index (χ2v) is 6.93. The van der Waals surface area contributed by atoms with Gasteiger partial charge in [-0.3, -0.25) is 9.69 Å². The van der Waals surface area contributed by atoms with Crippen molar-refractivity contribution in [2.24, 2.45) is 0 Å². The lowest BCUT2D eigenvalue weighted by Crippen LogP contribution is -2.41. The molecular formula is C18H15BrN2O2. The molecule has 3 amide bonds. The fraction of sp³-hybridized carbons (Fsp3) is 0.222. The summed E-state index contributed by atoms with van der Waals surface area (Å²) >= 11 is 3.42. The summed E-state index contributed by atoms with van der Waals surface area (Å²) in [6.07, 6.45) is 1.44. The highest BCUT2D eigenvalue weighted by Gasteiger charge is 2.55. The third-order valence-electron chi connectivity index (χ3n) is 4.65. The van der Waals surface area contributed by atoms with E-state index >= 15 is 0 Å². The van der Waals surface area contributed by atoms with Crippen molar-refractivity contribution in [2.45, 2.75) is 24.9 Å². The van der Waals surface area contributed by atoms with E-state index in [0.29, 0.717) is 6.42 Å². The minimum Gasteiger partial charge on any atom is -0.319 e. The number of imide groups is 1. The van der Waals surface area contributed by atoms with Crippen LogP contribution < -0.4 is 5.32 Å². The van der Waals surface area contributed by atoms with Crippen LogP contribution in [-0.4, -0.2) is 16.8 Å². The molecule has 1 aliphatic heterocycles. The molecule has 2 aliphatic rings. The summed E-state index contributed by atoms with van der Waals surface area (Å²) < 4.78 is 0.933. The normalized spacial score (nSPS) is 22.6. The number of carbonyl (C=O) groups excluding carboxylic acids is 2. The number of halogens is 1. The molecule has 4 nitrogen and oxygen atoms in total. The van der Waals surface area contributed by atoms with Gasteiger partial charge in [0.05, 0.1) is 6.54 Å². The highest BCUT2D eigenvalue weighted by Crippen LogP contribution is 2.41. The quantitative estimate of drug-likeness (QED) is 0.824. The number of rotatable bonds is 2. The maximum atomic E-state index is 13.0. The molecule has 0 radical (unpaired) electrons. The van der Waals surface area contributed by atoms with Crippen molar-refractivity contribution < 1.29 is 9.59 Å². The first-order chi connectivity index (χ1) is 11.1. The lowest BCUT2D eigenvalue weighted by atomic mass is 9.92. The van der Waals surface area contributed by atoms with Crippen LogP contribution in [0.15, 0.2) is 53.0 Å². The Morgan fingerprint density at radius 2 is 1.96 bits per heavy atom. The average Bonchev–Trinajstić information content (AvgIpc) is 3.02. The Kier molecular flexibility index (Phi) is 3.27. The zero-order valence-electron chi connectivity index (χ0n) is 12.4. The van der Waals surface area contributed by atoms with Gasteiger partial charge in [0.2, 0.25) is 0 Å². The van der Waals surface area contributed by atoms with Gasteiger partial charge in [-0.25, -0.2) is 4.79 Å². The van der Waals surface area contributed by atoms with Crippen molar-refractivity contribution >= 4 is 27.9 Å². The number of carbonyl (C=O) groups is 2. The molecule has 116 valence electrons. The van der Waals surface area contributed by atoms with E-state index in [4.69, 9.17) is 0 Å². The molecule has 1 spiro atoms. The molecule has 1 heterocycles. The van der Waals surface area contributed by atoms with E-state index < -0.39 is 5.54 Å². The topological polar surface area (TPSA) is 49.4 Å². The lowest BCUT2D eigenvalue weighted by molar-refractivity contribution is -0.132. The zero-order valence-corrected chi connectivity index (χ0v) is 14.0. The van der Waals surface area contributed by atoms with Crippen molar-refractivity contribution in [1.29, 1.82) is 0 Å². The van der Waals surface area contributed by atoms with E-state index in [2.05, 4.69) is 21.2 Å². The molecule has 5 heteroatoms. The SMILES string of the molecule is O=C1N[C@]2(CCc3ccccc32)C(=O)N1Cc1cccc(Br)c1. The second-order valence-electron chi connectivity index (χ2n) is 6.01. The summed E-state index contributed by atoms with van der Waals surface area (Å²) in [6, 6.07) is 15.2. The largest absolute Gasteiger partial charge is 0.325 e. The molecule has 1 N–H and O–H groups in total. The summed E-state index contributed by atoms with van der Waals surface area (Å²) in [5.41, 5.74) is 2.13. The van der Waals surface area contributed by atoms with Crippen LogP contribution in [0.5, 0.6) is 0 Å². The second kappa shape index (κ2) is 5.20. The number of hydrogen-bond donors (Lipinski definition) is 1. The highest BCUT2D eigenvalue weighted by molar-refractivity contribution is 9.10. The molecule has 1 aliphatic carbocycles. The number of urea groups is 1. The van der Waals surface area contributed by atoms with Crippen LogP contribution in [0.4, 0.5) is 4.79 Å². The third-order valence-corrected chi connectivity index (χ3v) is 5.15. The van der Waals surface area contributed by atoms with Crippen molar-refractivity contribution in [3.63, 3.8) is 0 Å². The molecule has 0 aromatic heterocycles.